The van der Waals surface area contributed by atoms with Crippen molar-refractivity contribution in [3.8, 4) is 0 Å². The fourth-order valence-corrected chi connectivity index (χ4v) is 1.79. The molecule has 0 atom stereocenters. The van der Waals surface area contributed by atoms with Gasteiger partial charge < -0.3 is 0 Å². The van der Waals surface area contributed by atoms with Gasteiger partial charge in [0.05, 0.1) is 23.6 Å². The molecule has 2 rings (SSSR count). The molecule has 0 saturated carbocycles. The fourth-order valence-electron chi connectivity index (χ4n) is 1.79. The van der Waals surface area contributed by atoms with E-state index in [0.717, 1.165) is 36.7 Å². The lowest BCUT2D eigenvalue weighted by Crippen LogP contribution is -2.05. The van der Waals surface area contributed by atoms with Gasteiger partial charge in [0.25, 0.3) is 0 Å². The molecule has 0 aliphatic carbocycles. The highest BCUT2D eigenvalue weighted by Gasteiger charge is 2.30. The molecule has 0 aromatic heterocycles. The lowest BCUT2D eigenvalue weighted by Gasteiger charge is -2.06. The van der Waals surface area contributed by atoms with Gasteiger partial charge in [-0.2, -0.15) is 36.5 Å². The first kappa shape index (κ1) is 17.7. The van der Waals surface area contributed by atoms with Crippen molar-refractivity contribution < 1.29 is 26.3 Å². The summed E-state index contributed by atoms with van der Waals surface area (Å²) in [7, 11) is 0. The van der Waals surface area contributed by atoms with Crippen LogP contribution in [0.1, 0.15) is 22.3 Å². The Balaban J connectivity index is 2.11. The first-order chi connectivity index (χ1) is 11.2. The van der Waals surface area contributed by atoms with E-state index in [1.165, 1.54) is 24.3 Å². The number of hydrogen-bond acceptors (Lipinski definition) is 2. The third-order valence-corrected chi connectivity index (χ3v) is 2.91. The van der Waals surface area contributed by atoms with Gasteiger partial charge in [-0.25, -0.2) is 0 Å². The first-order valence-corrected chi connectivity index (χ1v) is 6.57. The molecule has 2 aromatic carbocycles. The number of hydrogen-bond donors (Lipinski definition) is 0. The lowest BCUT2D eigenvalue weighted by molar-refractivity contribution is -0.138. The molecule has 0 unspecified atom stereocenters. The summed E-state index contributed by atoms with van der Waals surface area (Å²) >= 11 is 0. The maximum absolute atomic E-state index is 12.5. The number of halogens is 6. The minimum Gasteiger partial charge on any atom is -0.166 e. The Kier molecular flexibility index (Phi) is 5.06. The quantitative estimate of drug-likeness (QED) is 0.417. The number of rotatable bonds is 3. The Bertz CT molecular complexity index is 694. The summed E-state index contributed by atoms with van der Waals surface area (Å²) in [5, 5.41) is 7.10. The molecule has 0 bridgehead atoms. The maximum Gasteiger partial charge on any atom is 0.416 e. The highest BCUT2D eigenvalue weighted by molar-refractivity contribution is 5.83. The highest BCUT2D eigenvalue weighted by Crippen LogP contribution is 2.30. The summed E-state index contributed by atoms with van der Waals surface area (Å²) in [5.74, 6) is 0. The lowest BCUT2D eigenvalue weighted by atomic mass is 10.1. The molecular formula is C16H10F6N2. The molecule has 0 saturated heterocycles. The van der Waals surface area contributed by atoms with Crippen LogP contribution in [0.25, 0.3) is 0 Å². The molecule has 0 radical (unpaired) electrons. The molecule has 126 valence electrons. The molecule has 0 fully saturated rings. The normalized spacial score (nSPS) is 13.1. The Morgan fingerprint density at radius 1 is 0.625 bits per heavy atom. The van der Waals surface area contributed by atoms with Gasteiger partial charge in [0.15, 0.2) is 0 Å². The zero-order valence-corrected chi connectivity index (χ0v) is 11.9. The summed E-state index contributed by atoms with van der Waals surface area (Å²) in [5.41, 5.74) is -1.31. The van der Waals surface area contributed by atoms with Crippen LogP contribution in [-0.4, -0.2) is 12.4 Å². The van der Waals surface area contributed by atoms with Gasteiger partial charge in [0, 0.05) is 0 Å². The monoisotopic (exact) mass is 344 g/mol. The van der Waals surface area contributed by atoms with E-state index in [1.807, 2.05) is 0 Å². The van der Waals surface area contributed by atoms with E-state index < -0.39 is 23.5 Å². The first-order valence-electron chi connectivity index (χ1n) is 6.57. The van der Waals surface area contributed by atoms with Crippen LogP contribution in [0.3, 0.4) is 0 Å². The van der Waals surface area contributed by atoms with Crippen molar-refractivity contribution >= 4 is 12.4 Å². The predicted molar refractivity (Wildman–Crippen MR) is 78.1 cm³/mol. The summed E-state index contributed by atoms with van der Waals surface area (Å²) in [6.07, 6.45) is -6.77. The van der Waals surface area contributed by atoms with Crippen molar-refractivity contribution in [1.82, 2.24) is 0 Å². The minimum atomic E-state index is -4.47. The van der Waals surface area contributed by atoms with Crippen molar-refractivity contribution in [2.45, 2.75) is 12.4 Å². The Morgan fingerprint density at radius 3 is 1.33 bits per heavy atom. The van der Waals surface area contributed by atoms with E-state index in [0.29, 0.717) is 0 Å². The Labute approximate surface area is 133 Å². The molecular weight excluding hydrogens is 334 g/mol. The second kappa shape index (κ2) is 6.86. The summed E-state index contributed by atoms with van der Waals surface area (Å²) in [4.78, 5) is 0. The molecule has 2 aromatic rings. The van der Waals surface area contributed by atoms with Crippen molar-refractivity contribution in [3.05, 3.63) is 70.8 Å². The Morgan fingerprint density at radius 2 is 1.00 bits per heavy atom. The largest absolute Gasteiger partial charge is 0.416 e. The molecule has 2 nitrogen and oxygen atoms in total. The van der Waals surface area contributed by atoms with Crippen molar-refractivity contribution in [3.63, 3.8) is 0 Å². The Hall–Kier alpha value is -2.64. The zero-order chi connectivity index (χ0) is 17.8. The molecule has 24 heavy (non-hydrogen) atoms. The molecule has 0 amide bonds. The van der Waals surface area contributed by atoms with Crippen molar-refractivity contribution in [2.24, 2.45) is 10.2 Å². The van der Waals surface area contributed by atoms with Gasteiger partial charge in [0.2, 0.25) is 0 Å². The molecule has 0 aliphatic rings. The molecule has 0 spiro atoms. The molecule has 0 N–H and O–H groups in total. The standard InChI is InChI=1S/C16H10F6N2/c17-15(18,19)13-5-1-3-11(7-13)9-23-24-10-12-4-2-6-14(8-12)16(20,21)22/h1-10H/b23-9-,24-10+. The van der Waals surface area contributed by atoms with Crippen LogP contribution in [-0.2, 0) is 12.4 Å². The smallest absolute Gasteiger partial charge is 0.166 e. The predicted octanol–water partition coefficient (Wildman–Crippen LogP) is 5.18. The van der Waals surface area contributed by atoms with Crippen LogP contribution in [0.2, 0.25) is 0 Å². The maximum atomic E-state index is 12.5. The second-order valence-electron chi connectivity index (χ2n) is 4.74. The van der Waals surface area contributed by atoms with Crippen LogP contribution in [0.4, 0.5) is 26.3 Å². The van der Waals surface area contributed by atoms with Crippen LogP contribution in [0, 0.1) is 0 Å². The van der Waals surface area contributed by atoms with Gasteiger partial charge in [0.1, 0.15) is 0 Å². The zero-order valence-electron chi connectivity index (χ0n) is 11.9. The fraction of sp³-hybridized carbons (Fsp3) is 0.125. The molecule has 0 heterocycles. The van der Waals surface area contributed by atoms with Crippen LogP contribution in [0.5, 0.6) is 0 Å². The molecule has 8 heteroatoms. The van der Waals surface area contributed by atoms with E-state index in [4.69, 9.17) is 0 Å². The van der Waals surface area contributed by atoms with Gasteiger partial charge in [-0.05, 0) is 35.4 Å². The van der Waals surface area contributed by atoms with Gasteiger partial charge >= 0.3 is 12.4 Å². The number of alkyl halides is 6. The van der Waals surface area contributed by atoms with Gasteiger partial charge in [-0.15, -0.1) is 0 Å². The van der Waals surface area contributed by atoms with E-state index in [2.05, 4.69) is 10.2 Å². The van der Waals surface area contributed by atoms with Gasteiger partial charge in [-0.1, -0.05) is 24.3 Å². The minimum absolute atomic E-state index is 0.172. The SMILES string of the molecule is FC(F)(F)c1cccc(/C=N\N=C\c2cccc(C(F)(F)F)c2)c1. The highest BCUT2D eigenvalue weighted by atomic mass is 19.4. The van der Waals surface area contributed by atoms with Crippen LogP contribution < -0.4 is 0 Å². The third-order valence-electron chi connectivity index (χ3n) is 2.91. The van der Waals surface area contributed by atoms with Crippen LogP contribution >= 0.6 is 0 Å². The van der Waals surface area contributed by atoms with E-state index in [-0.39, 0.29) is 11.1 Å². The second-order valence-corrected chi connectivity index (χ2v) is 4.74. The van der Waals surface area contributed by atoms with Crippen molar-refractivity contribution in [1.29, 1.82) is 0 Å². The van der Waals surface area contributed by atoms with E-state index in [1.54, 1.807) is 0 Å². The number of benzene rings is 2. The average molecular weight is 344 g/mol. The van der Waals surface area contributed by atoms with Gasteiger partial charge in [-0.3, -0.25) is 0 Å². The summed E-state index contributed by atoms with van der Waals surface area (Å²) in [6.45, 7) is 0. The summed E-state index contributed by atoms with van der Waals surface area (Å²) < 4.78 is 75.3. The van der Waals surface area contributed by atoms with Crippen LogP contribution in [0.15, 0.2) is 58.7 Å². The third kappa shape index (κ3) is 4.94. The van der Waals surface area contributed by atoms with Crippen molar-refractivity contribution in [2.75, 3.05) is 0 Å². The summed E-state index contributed by atoms with van der Waals surface area (Å²) in [6, 6.07) is 8.87. The average Bonchev–Trinajstić information content (AvgIpc) is 2.51. The topological polar surface area (TPSA) is 24.7 Å². The van der Waals surface area contributed by atoms with E-state index in [9.17, 15) is 26.3 Å². The van der Waals surface area contributed by atoms with E-state index >= 15 is 0 Å². The molecule has 0 aliphatic heterocycles. The number of nitrogens with zero attached hydrogens (tertiary/aromatic N) is 2.